The number of oxazole rings is 1. The van der Waals surface area contributed by atoms with Crippen LogP contribution in [0.15, 0.2) is 46.9 Å². The standard InChI is InChI=1S/C25H19F2NO2/c26-22-17(16-10-9-14-5-3-11-29-21(14)13-16)7-2-8-19(22)25-28-20-12-15-4-1-6-18(15)23(27)24(20)30-25/h2,7-10,12-13H,1,3-6,11H2. The number of aromatic nitrogens is 1. The molecule has 0 atom stereocenters. The molecule has 0 radical (unpaired) electrons. The molecule has 1 aliphatic carbocycles. The van der Waals surface area contributed by atoms with Crippen molar-refractivity contribution < 1.29 is 17.9 Å². The molecule has 0 spiro atoms. The summed E-state index contributed by atoms with van der Waals surface area (Å²) in [5, 5.41) is 0. The minimum Gasteiger partial charge on any atom is -0.493 e. The van der Waals surface area contributed by atoms with Crippen LogP contribution in [0.4, 0.5) is 8.78 Å². The Morgan fingerprint density at radius 1 is 0.833 bits per heavy atom. The summed E-state index contributed by atoms with van der Waals surface area (Å²) >= 11 is 0. The molecule has 1 aliphatic heterocycles. The molecule has 3 aromatic carbocycles. The maximum Gasteiger partial charge on any atom is 0.230 e. The molecule has 1 aromatic heterocycles. The Morgan fingerprint density at radius 3 is 2.63 bits per heavy atom. The van der Waals surface area contributed by atoms with Gasteiger partial charge >= 0.3 is 0 Å². The summed E-state index contributed by atoms with van der Waals surface area (Å²) in [5.41, 5.74) is 4.77. The van der Waals surface area contributed by atoms with Crippen LogP contribution in [0.25, 0.3) is 33.7 Å². The van der Waals surface area contributed by atoms with Crippen LogP contribution in [-0.4, -0.2) is 11.6 Å². The predicted octanol–water partition coefficient (Wildman–Crippen LogP) is 6.25. The molecule has 0 bridgehead atoms. The van der Waals surface area contributed by atoms with Crippen molar-refractivity contribution in [1.82, 2.24) is 4.98 Å². The van der Waals surface area contributed by atoms with Crippen molar-refractivity contribution in [1.29, 1.82) is 0 Å². The van der Waals surface area contributed by atoms with Gasteiger partial charge in [-0.1, -0.05) is 24.3 Å². The van der Waals surface area contributed by atoms with Crippen LogP contribution in [0.2, 0.25) is 0 Å². The molecule has 0 unspecified atom stereocenters. The Labute approximate surface area is 172 Å². The maximum atomic E-state index is 15.5. The van der Waals surface area contributed by atoms with Gasteiger partial charge in [0.1, 0.15) is 17.1 Å². The fourth-order valence-electron chi connectivity index (χ4n) is 4.61. The molecule has 0 saturated heterocycles. The number of hydrogen-bond acceptors (Lipinski definition) is 3. The van der Waals surface area contributed by atoms with Crippen LogP contribution < -0.4 is 4.74 Å². The topological polar surface area (TPSA) is 35.3 Å². The van der Waals surface area contributed by atoms with Crippen LogP contribution in [0.5, 0.6) is 5.75 Å². The SMILES string of the molecule is Fc1c(-c2ccc3c(c2)OCCC3)cccc1-c1nc2cc3c(c(F)c2o1)CCC3. The highest BCUT2D eigenvalue weighted by atomic mass is 19.1. The third-order valence-corrected chi connectivity index (χ3v) is 6.14. The van der Waals surface area contributed by atoms with Gasteiger partial charge in [0.25, 0.3) is 0 Å². The van der Waals surface area contributed by atoms with E-state index in [-0.39, 0.29) is 22.9 Å². The average Bonchev–Trinajstić information content (AvgIpc) is 3.41. The molecule has 2 aliphatic rings. The molecule has 3 nitrogen and oxygen atoms in total. The van der Waals surface area contributed by atoms with E-state index in [1.165, 1.54) is 0 Å². The lowest BCUT2D eigenvalue weighted by Crippen LogP contribution is -2.08. The smallest absolute Gasteiger partial charge is 0.230 e. The number of halogens is 2. The summed E-state index contributed by atoms with van der Waals surface area (Å²) in [6.07, 6.45) is 4.45. The van der Waals surface area contributed by atoms with E-state index < -0.39 is 5.82 Å². The highest BCUT2D eigenvalue weighted by molar-refractivity contribution is 5.80. The Hall–Kier alpha value is -3.21. The van der Waals surface area contributed by atoms with Gasteiger partial charge in [0.2, 0.25) is 5.89 Å². The zero-order valence-corrected chi connectivity index (χ0v) is 16.3. The zero-order chi connectivity index (χ0) is 20.2. The number of rotatable bonds is 2. The molecule has 0 amide bonds. The summed E-state index contributed by atoms with van der Waals surface area (Å²) in [6, 6.07) is 12.8. The van der Waals surface area contributed by atoms with Gasteiger partial charge in [0.05, 0.1) is 12.2 Å². The van der Waals surface area contributed by atoms with Gasteiger partial charge in [-0.25, -0.2) is 13.8 Å². The van der Waals surface area contributed by atoms with E-state index in [9.17, 15) is 4.39 Å². The molecule has 0 N–H and O–H groups in total. The van der Waals surface area contributed by atoms with Gasteiger partial charge in [0.15, 0.2) is 11.4 Å². The van der Waals surface area contributed by atoms with Gasteiger partial charge in [-0.2, -0.15) is 0 Å². The van der Waals surface area contributed by atoms with Gasteiger partial charge in [-0.05, 0) is 72.6 Å². The second-order valence-corrected chi connectivity index (χ2v) is 7.99. The predicted molar refractivity (Wildman–Crippen MR) is 111 cm³/mol. The van der Waals surface area contributed by atoms with Gasteiger partial charge in [0, 0.05) is 5.56 Å². The highest BCUT2D eigenvalue weighted by Gasteiger charge is 2.24. The highest BCUT2D eigenvalue weighted by Crippen LogP contribution is 2.37. The zero-order valence-electron chi connectivity index (χ0n) is 16.3. The quantitative estimate of drug-likeness (QED) is 0.397. The van der Waals surface area contributed by atoms with Gasteiger partial charge in [-0.3, -0.25) is 0 Å². The first kappa shape index (κ1) is 17.6. The van der Waals surface area contributed by atoms with Crippen molar-refractivity contribution in [3.8, 4) is 28.3 Å². The fourth-order valence-corrected chi connectivity index (χ4v) is 4.61. The molecular formula is C25H19F2NO2. The Morgan fingerprint density at radius 2 is 1.70 bits per heavy atom. The Balaban J connectivity index is 1.46. The van der Waals surface area contributed by atoms with E-state index in [0.29, 0.717) is 29.7 Å². The van der Waals surface area contributed by atoms with Crippen LogP contribution in [0.1, 0.15) is 29.5 Å². The minimum absolute atomic E-state index is 0.0983. The van der Waals surface area contributed by atoms with Crippen molar-refractivity contribution in [3.05, 3.63) is 70.8 Å². The summed E-state index contributed by atoms with van der Waals surface area (Å²) in [5.74, 6) is 0.109. The molecule has 0 saturated carbocycles. The molecule has 30 heavy (non-hydrogen) atoms. The van der Waals surface area contributed by atoms with E-state index in [1.807, 2.05) is 24.3 Å². The van der Waals surface area contributed by atoms with Crippen molar-refractivity contribution in [2.75, 3.05) is 6.61 Å². The van der Waals surface area contributed by atoms with E-state index in [1.54, 1.807) is 18.2 Å². The van der Waals surface area contributed by atoms with E-state index in [2.05, 4.69) is 4.98 Å². The first-order valence-corrected chi connectivity index (χ1v) is 10.3. The van der Waals surface area contributed by atoms with Crippen LogP contribution >= 0.6 is 0 Å². The number of hydrogen-bond donors (Lipinski definition) is 0. The third-order valence-electron chi connectivity index (χ3n) is 6.14. The molecular weight excluding hydrogens is 384 g/mol. The van der Waals surface area contributed by atoms with Crippen LogP contribution in [0, 0.1) is 11.6 Å². The van der Waals surface area contributed by atoms with Crippen LogP contribution in [-0.2, 0) is 19.3 Å². The number of nitrogens with zero attached hydrogens (tertiary/aromatic N) is 1. The molecule has 4 aromatic rings. The minimum atomic E-state index is -0.437. The summed E-state index contributed by atoms with van der Waals surface area (Å²) in [7, 11) is 0. The second-order valence-electron chi connectivity index (χ2n) is 7.99. The number of aryl methyl sites for hydroxylation is 2. The number of ether oxygens (including phenoxy) is 1. The van der Waals surface area contributed by atoms with Crippen molar-refractivity contribution >= 4 is 11.1 Å². The monoisotopic (exact) mass is 403 g/mol. The fraction of sp³-hybridized carbons (Fsp3) is 0.240. The lowest BCUT2D eigenvalue weighted by atomic mass is 9.98. The molecule has 0 fully saturated rings. The third kappa shape index (κ3) is 2.65. The first-order valence-electron chi connectivity index (χ1n) is 10.3. The van der Waals surface area contributed by atoms with E-state index in [0.717, 1.165) is 48.1 Å². The van der Waals surface area contributed by atoms with Gasteiger partial charge in [-0.15, -0.1) is 0 Å². The molecule has 5 heteroatoms. The average molecular weight is 403 g/mol. The summed E-state index contributed by atoms with van der Waals surface area (Å²) in [4.78, 5) is 4.42. The number of benzene rings is 3. The Bertz CT molecular complexity index is 1310. The van der Waals surface area contributed by atoms with Crippen molar-refractivity contribution in [3.63, 3.8) is 0 Å². The summed E-state index contributed by atoms with van der Waals surface area (Å²) < 4.78 is 41.8. The Kier molecular flexibility index (Phi) is 3.91. The van der Waals surface area contributed by atoms with Crippen molar-refractivity contribution in [2.24, 2.45) is 0 Å². The van der Waals surface area contributed by atoms with Crippen molar-refractivity contribution in [2.45, 2.75) is 32.1 Å². The number of fused-ring (bicyclic) bond motifs is 3. The maximum absolute atomic E-state index is 15.5. The normalized spacial score (nSPS) is 15.1. The molecule has 2 heterocycles. The molecule has 6 rings (SSSR count). The second kappa shape index (κ2) is 6.66. The van der Waals surface area contributed by atoms with Crippen LogP contribution in [0.3, 0.4) is 0 Å². The van der Waals surface area contributed by atoms with Gasteiger partial charge < -0.3 is 9.15 Å². The summed E-state index contributed by atoms with van der Waals surface area (Å²) in [6.45, 7) is 0.678. The first-order chi connectivity index (χ1) is 14.7. The molecule has 150 valence electrons. The van der Waals surface area contributed by atoms with E-state index >= 15 is 4.39 Å². The van der Waals surface area contributed by atoms with E-state index in [4.69, 9.17) is 9.15 Å². The largest absolute Gasteiger partial charge is 0.493 e. The lowest BCUT2D eigenvalue weighted by molar-refractivity contribution is 0.288. The lowest BCUT2D eigenvalue weighted by Gasteiger charge is -2.18.